The Labute approximate surface area is 178 Å². The number of unbranched alkanes of at least 4 members (excludes halogenated alkanes) is 13. The van der Waals surface area contributed by atoms with E-state index in [1.165, 1.54) is 83.5 Å². The Morgan fingerprint density at radius 1 is 0.862 bits per heavy atom. The number of aliphatic hydroxyl groups excluding tert-OH is 3. The third-order valence-corrected chi connectivity index (χ3v) is 5.78. The van der Waals surface area contributed by atoms with E-state index < -0.39 is 24.4 Å². The largest absolute Gasteiger partial charge is 0.394 e. The van der Waals surface area contributed by atoms with E-state index in [1.54, 1.807) is 0 Å². The minimum atomic E-state index is -0.998. The molecule has 1 saturated heterocycles. The van der Waals surface area contributed by atoms with Crippen LogP contribution < -0.4 is 0 Å². The Bertz CT molecular complexity index is 387. The van der Waals surface area contributed by atoms with E-state index in [1.807, 2.05) is 6.08 Å². The van der Waals surface area contributed by atoms with Gasteiger partial charge in [-0.05, 0) is 12.8 Å². The van der Waals surface area contributed by atoms with Crippen LogP contribution in [0.4, 0.5) is 0 Å². The summed E-state index contributed by atoms with van der Waals surface area (Å²) in [6.07, 6.45) is 19.7. The number of hydrogen-bond acceptors (Lipinski definition) is 5. The van der Waals surface area contributed by atoms with E-state index in [2.05, 4.69) is 13.0 Å². The molecule has 1 aliphatic rings. The van der Waals surface area contributed by atoms with Crippen molar-refractivity contribution < 1.29 is 24.8 Å². The SMILES string of the molecule is CCCCCCCCCCCCCCC/C=C/CO[C@@H](CO)[C@@H]1OC[C@@H](O)[C@@H]1O. The molecule has 1 aliphatic heterocycles. The van der Waals surface area contributed by atoms with Crippen molar-refractivity contribution in [3.63, 3.8) is 0 Å². The zero-order valence-electron chi connectivity index (χ0n) is 18.6. The van der Waals surface area contributed by atoms with Crippen LogP contribution in [0, 0.1) is 0 Å². The Morgan fingerprint density at radius 3 is 1.90 bits per heavy atom. The maximum absolute atomic E-state index is 9.82. The van der Waals surface area contributed by atoms with Crippen LogP contribution in [0.5, 0.6) is 0 Å². The second-order valence-electron chi connectivity index (χ2n) is 8.41. The number of allylic oxidation sites excluding steroid dienone is 1. The van der Waals surface area contributed by atoms with Gasteiger partial charge in [-0.15, -0.1) is 0 Å². The normalized spacial score (nSPS) is 23.2. The molecule has 0 spiro atoms. The monoisotopic (exact) mass is 414 g/mol. The predicted molar refractivity (Wildman–Crippen MR) is 118 cm³/mol. The van der Waals surface area contributed by atoms with Crippen LogP contribution in [0.15, 0.2) is 12.2 Å². The number of aliphatic hydroxyl groups is 3. The third kappa shape index (κ3) is 12.7. The fourth-order valence-corrected chi connectivity index (χ4v) is 3.85. The van der Waals surface area contributed by atoms with Gasteiger partial charge in [0.1, 0.15) is 24.4 Å². The van der Waals surface area contributed by atoms with Gasteiger partial charge in [0.25, 0.3) is 0 Å². The molecule has 5 nitrogen and oxygen atoms in total. The standard InChI is InChI=1S/C24H46O5/c1-2-3-4-5-6-7-8-9-10-11-12-13-14-15-16-17-18-28-22(19-25)24-23(27)21(26)20-29-24/h16-17,21-27H,2-15,18-20H2,1H3/b17-16+/t21-,22+,23+,24+/m1/s1. The van der Waals surface area contributed by atoms with Gasteiger partial charge in [-0.1, -0.05) is 96.1 Å². The van der Waals surface area contributed by atoms with Gasteiger partial charge in [-0.25, -0.2) is 0 Å². The van der Waals surface area contributed by atoms with Gasteiger partial charge in [0.15, 0.2) is 0 Å². The molecule has 0 radical (unpaired) electrons. The van der Waals surface area contributed by atoms with E-state index in [0.29, 0.717) is 6.61 Å². The maximum Gasteiger partial charge on any atom is 0.114 e. The van der Waals surface area contributed by atoms with Crippen molar-refractivity contribution in [1.29, 1.82) is 0 Å². The Balaban J connectivity index is 1.87. The molecular weight excluding hydrogens is 368 g/mol. The summed E-state index contributed by atoms with van der Waals surface area (Å²) in [6, 6.07) is 0. The average Bonchev–Trinajstić information content (AvgIpc) is 3.06. The van der Waals surface area contributed by atoms with E-state index in [0.717, 1.165) is 6.42 Å². The molecule has 29 heavy (non-hydrogen) atoms. The summed E-state index contributed by atoms with van der Waals surface area (Å²) in [5, 5.41) is 28.7. The minimum Gasteiger partial charge on any atom is -0.394 e. The van der Waals surface area contributed by atoms with Crippen molar-refractivity contribution in [2.75, 3.05) is 19.8 Å². The molecule has 0 aliphatic carbocycles. The lowest BCUT2D eigenvalue weighted by molar-refractivity contribution is -0.0942. The lowest BCUT2D eigenvalue weighted by Gasteiger charge is -2.23. The molecule has 4 atom stereocenters. The summed E-state index contributed by atoms with van der Waals surface area (Å²) in [5.74, 6) is 0. The molecular formula is C24H46O5. The lowest BCUT2D eigenvalue weighted by atomic mass is 10.0. The van der Waals surface area contributed by atoms with Crippen LogP contribution in [0.2, 0.25) is 0 Å². The van der Waals surface area contributed by atoms with Crippen molar-refractivity contribution in [2.24, 2.45) is 0 Å². The molecule has 0 bridgehead atoms. The van der Waals surface area contributed by atoms with Gasteiger partial charge < -0.3 is 24.8 Å². The second kappa shape index (κ2) is 18.3. The molecule has 0 amide bonds. The van der Waals surface area contributed by atoms with Gasteiger partial charge in [0, 0.05) is 0 Å². The number of rotatable bonds is 19. The Hall–Kier alpha value is -0.460. The quantitative estimate of drug-likeness (QED) is 0.214. The lowest BCUT2D eigenvalue weighted by Crippen LogP contribution is -2.42. The van der Waals surface area contributed by atoms with E-state index in [9.17, 15) is 15.3 Å². The molecule has 0 unspecified atom stereocenters. The van der Waals surface area contributed by atoms with Crippen molar-refractivity contribution in [3.05, 3.63) is 12.2 Å². The topological polar surface area (TPSA) is 79.2 Å². The van der Waals surface area contributed by atoms with Crippen molar-refractivity contribution in [3.8, 4) is 0 Å². The predicted octanol–water partition coefficient (Wildman–Crippen LogP) is 4.52. The van der Waals surface area contributed by atoms with Crippen molar-refractivity contribution in [2.45, 2.75) is 121 Å². The zero-order valence-corrected chi connectivity index (χ0v) is 18.6. The summed E-state index contributed by atoms with van der Waals surface area (Å²) >= 11 is 0. The van der Waals surface area contributed by atoms with Gasteiger partial charge in [0.2, 0.25) is 0 Å². The van der Waals surface area contributed by atoms with E-state index in [4.69, 9.17) is 9.47 Å². The Kier molecular flexibility index (Phi) is 16.8. The van der Waals surface area contributed by atoms with E-state index in [-0.39, 0.29) is 13.2 Å². The summed E-state index contributed by atoms with van der Waals surface area (Å²) in [4.78, 5) is 0. The molecule has 0 aromatic rings. The van der Waals surface area contributed by atoms with Crippen LogP contribution in [-0.2, 0) is 9.47 Å². The van der Waals surface area contributed by atoms with Gasteiger partial charge >= 0.3 is 0 Å². The molecule has 1 fully saturated rings. The molecule has 172 valence electrons. The zero-order chi connectivity index (χ0) is 21.2. The number of hydrogen-bond donors (Lipinski definition) is 3. The molecule has 3 N–H and O–H groups in total. The third-order valence-electron chi connectivity index (χ3n) is 5.78. The highest BCUT2D eigenvalue weighted by molar-refractivity contribution is 4.89. The molecule has 5 heteroatoms. The fraction of sp³-hybridized carbons (Fsp3) is 0.917. The second-order valence-corrected chi connectivity index (χ2v) is 8.41. The summed E-state index contributed by atoms with van der Waals surface area (Å²) in [6.45, 7) is 2.50. The van der Waals surface area contributed by atoms with Gasteiger partial charge in [-0.3, -0.25) is 0 Å². The first-order valence-corrected chi connectivity index (χ1v) is 12.1. The van der Waals surface area contributed by atoms with Gasteiger partial charge in [0.05, 0.1) is 19.8 Å². The van der Waals surface area contributed by atoms with Crippen LogP contribution in [-0.4, -0.2) is 59.6 Å². The van der Waals surface area contributed by atoms with Crippen LogP contribution >= 0.6 is 0 Å². The van der Waals surface area contributed by atoms with Crippen LogP contribution in [0.3, 0.4) is 0 Å². The molecule has 0 saturated carbocycles. The highest BCUT2D eigenvalue weighted by atomic mass is 16.6. The number of ether oxygens (including phenoxy) is 2. The summed E-state index contributed by atoms with van der Waals surface area (Å²) in [5.41, 5.74) is 0. The average molecular weight is 415 g/mol. The summed E-state index contributed by atoms with van der Waals surface area (Å²) < 4.78 is 10.9. The maximum atomic E-state index is 9.82. The molecule has 1 heterocycles. The van der Waals surface area contributed by atoms with E-state index >= 15 is 0 Å². The molecule has 0 aromatic heterocycles. The minimum absolute atomic E-state index is 0.0839. The fourth-order valence-electron chi connectivity index (χ4n) is 3.85. The highest BCUT2D eigenvalue weighted by Crippen LogP contribution is 2.19. The molecule has 0 aromatic carbocycles. The van der Waals surface area contributed by atoms with Crippen molar-refractivity contribution >= 4 is 0 Å². The first-order chi connectivity index (χ1) is 14.2. The van der Waals surface area contributed by atoms with Crippen LogP contribution in [0.25, 0.3) is 0 Å². The molecule has 1 rings (SSSR count). The highest BCUT2D eigenvalue weighted by Gasteiger charge is 2.40. The van der Waals surface area contributed by atoms with Crippen LogP contribution in [0.1, 0.15) is 96.8 Å². The Morgan fingerprint density at radius 2 is 1.41 bits per heavy atom. The summed E-state index contributed by atoms with van der Waals surface area (Å²) in [7, 11) is 0. The first kappa shape index (κ1) is 26.6. The van der Waals surface area contributed by atoms with Gasteiger partial charge in [-0.2, -0.15) is 0 Å². The smallest absolute Gasteiger partial charge is 0.114 e. The van der Waals surface area contributed by atoms with Crippen molar-refractivity contribution in [1.82, 2.24) is 0 Å². The first-order valence-electron chi connectivity index (χ1n) is 12.1.